The Hall–Kier alpha value is -5.64. The lowest BCUT2D eigenvalue weighted by atomic mass is 10.0. The molecule has 0 aliphatic carbocycles. The quantitative estimate of drug-likeness (QED) is 0.239. The summed E-state index contributed by atoms with van der Waals surface area (Å²) in [6.07, 6.45) is 3.90. The van der Waals surface area contributed by atoms with Crippen LogP contribution in [-0.4, -0.2) is 117 Å². The van der Waals surface area contributed by atoms with E-state index in [2.05, 4.69) is 30.9 Å². The molecule has 3 atom stereocenters. The van der Waals surface area contributed by atoms with Crippen molar-refractivity contribution >= 4 is 57.7 Å². The Morgan fingerprint density at radius 2 is 1.65 bits per heavy atom. The summed E-state index contributed by atoms with van der Waals surface area (Å²) in [6.45, 7) is 6.61. The Kier molecular flexibility index (Phi) is 12.8. The number of aromatic nitrogens is 3. The maximum absolute atomic E-state index is 13.9. The van der Waals surface area contributed by atoms with Gasteiger partial charge in [0.2, 0.25) is 23.6 Å². The van der Waals surface area contributed by atoms with Crippen LogP contribution in [0.1, 0.15) is 70.3 Å². The van der Waals surface area contributed by atoms with Crippen molar-refractivity contribution in [2.75, 3.05) is 40.3 Å². The number of rotatable bonds is 5. The van der Waals surface area contributed by atoms with Gasteiger partial charge in [0, 0.05) is 62.3 Å². The molecule has 0 saturated heterocycles. The van der Waals surface area contributed by atoms with Crippen LogP contribution in [0.15, 0.2) is 54.2 Å². The van der Waals surface area contributed by atoms with Gasteiger partial charge in [-0.2, -0.15) is 0 Å². The van der Waals surface area contributed by atoms with Gasteiger partial charge < -0.3 is 35.6 Å². The van der Waals surface area contributed by atoms with E-state index in [9.17, 15) is 28.8 Å². The largest absolute Gasteiger partial charge is 0.361 e. The van der Waals surface area contributed by atoms with Gasteiger partial charge in [-0.1, -0.05) is 38.1 Å². The zero-order valence-corrected chi connectivity index (χ0v) is 32.2. The van der Waals surface area contributed by atoms with Crippen LogP contribution < -0.4 is 16.0 Å². The normalized spacial score (nSPS) is 20.1. The van der Waals surface area contributed by atoms with Crippen LogP contribution in [-0.2, 0) is 25.6 Å². The first-order valence-corrected chi connectivity index (χ1v) is 18.7. The van der Waals surface area contributed by atoms with E-state index < -0.39 is 53.6 Å². The number of aromatic amines is 1. The van der Waals surface area contributed by atoms with Crippen LogP contribution in [0.5, 0.6) is 0 Å². The average Bonchev–Trinajstić information content (AvgIpc) is 3.79. The minimum absolute atomic E-state index is 0.00332. The van der Waals surface area contributed by atoms with Crippen molar-refractivity contribution in [2.24, 2.45) is 5.92 Å². The van der Waals surface area contributed by atoms with Crippen LogP contribution in [0.3, 0.4) is 0 Å². The summed E-state index contributed by atoms with van der Waals surface area (Å²) < 4.78 is 0. The fourth-order valence-electron chi connectivity index (χ4n) is 6.34. The molecular formula is C38H47N9O6S. The van der Waals surface area contributed by atoms with E-state index >= 15 is 0 Å². The van der Waals surface area contributed by atoms with Gasteiger partial charge in [-0.05, 0) is 49.4 Å². The summed E-state index contributed by atoms with van der Waals surface area (Å²) in [4.78, 5) is 97.6. The van der Waals surface area contributed by atoms with E-state index in [4.69, 9.17) is 0 Å². The number of carbonyl (C=O) groups excluding carboxylic acids is 6. The number of H-pyrrole nitrogens is 1. The Balaban J connectivity index is 1.47. The van der Waals surface area contributed by atoms with E-state index in [0.29, 0.717) is 17.0 Å². The lowest BCUT2D eigenvalue weighted by Gasteiger charge is -2.28. The van der Waals surface area contributed by atoms with Gasteiger partial charge in [-0.25, -0.2) is 4.98 Å². The number of benzene rings is 1. The molecule has 5 rings (SSSR count). The lowest BCUT2D eigenvalue weighted by molar-refractivity contribution is -0.138. The summed E-state index contributed by atoms with van der Waals surface area (Å²) in [7, 11) is 3.00. The number of aryl methyl sites for hydroxylation is 1. The van der Waals surface area contributed by atoms with Gasteiger partial charge in [0.25, 0.3) is 11.8 Å². The molecule has 0 spiro atoms. The van der Waals surface area contributed by atoms with Gasteiger partial charge in [-0.3, -0.25) is 33.8 Å². The van der Waals surface area contributed by atoms with Gasteiger partial charge in [0.05, 0.1) is 19.1 Å². The maximum atomic E-state index is 13.9. The molecule has 0 fully saturated rings. The van der Waals surface area contributed by atoms with Gasteiger partial charge in [-0.15, -0.1) is 11.3 Å². The van der Waals surface area contributed by atoms with Gasteiger partial charge in [0.1, 0.15) is 28.5 Å². The molecule has 0 saturated carbocycles. The van der Waals surface area contributed by atoms with E-state index in [1.807, 2.05) is 38.1 Å². The van der Waals surface area contributed by atoms with E-state index in [1.54, 1.807) is 37.7 Å². The predicted molar refractivity (Wildman–Crippen MR) is 203 cm³/mol. The molecule has 0 unspecified atom stereocenters. The summed E-state index contributed by atoms with van der Waals surface area (Å²) >= 11 is 1.20. The van der Waals surface area contributed by atoms with E-state index in [-0.39, 0.29) is 49.9 Å². The number of nitrogens with one attached hydrogen (secondary N) is 4. The number of thiazole rings is 1. The van der Waals surface area contributed by atoms with Crippen molar-refractivity contribution in [2.45, 2.75) is 58.7 Å². The third-order valence-electron chi connectivity index (χ3n) is 9.22. The second-order valence-electron chi connectivity index (χ2n) is 14.0. The number of pyridine rings is 1. The molecule has 16 heteroatoms. The van der Waals surface area contributed by atoms with E-state index in [0.717, 1.165) is 16.5 Å². The average molecular weight is 758 g/mol. The summed E-state index contributed by atoms with van der Waals surface area (Å²) in [5.41, 5.74) is 2.54. The highest BCUT2D eigenvalue weighted by Crippen LogP contribution is 2.26. The highest BCUT2D eigenvalue weighted by molar-refractivity contribution is 7.09. The number of hydrogen-bond donors (Lipinski definition) is 4. The van der Waals surface area contributed by atoms with Crippen molar-refractivity contribution in [1.29, 1.82) is 0 Å². The standard InChI is InChI=1S/C38H47N9O6S/c1-22(2)16-28-35-44-30(21-54-35)34(50)43-29(17-25-18-40-27-12-8-7-11-26(25)27)37(52)46(6)19-31(48)41-24(4)36(51)45(5)14-15-47(20-32(49)42-28)38(53)33-23(3)10-9-13-39-33/h7-13,18,21-22,24,28-29,40H,14-17,19-20H2,1-6H3,(H,41,48)(H,42,49)(H,43,50)/t24-,28-,29+/m0/s1. The fourth-order valence-corrected chi connectivity index (χ4v) is 7.20. The van der Waals surface area contributed by atoms with Crippen LogP contribution in [0.4, 0.5) is 0 Å². The third-order valence-corrected chi connectivity index (χ3v) is 10.2. The van der Waals surface area contributed by atoms with Crippen molar-refractivity contribution in [3.8, 4) is 0 Å². The molecule has 2 bridgehead atoms. The fraction of sp³-hybridized carbons (Fsp3) is 0.421. The molecule has 4 N–H and O–H groups in total. The lowest BCUT2D eigenvalue weighted by Crippen LogP contribution is -2.53. The predicted octanol–water partition coefficient (Wildman–Crippen LogP) is 2.45. The highest BCUT2D eigenvalue weighted by Gasteiger charge is 2.31. The third kappa shape index (κ3) is 9.66. The van der Waals surface area contributed by atoms with Crippen LogP contribution >= 0.6 is 11.3 Å². The summed E-state index contributed by atoms with van der Waals surface area (Å²) in [5, 5.41) is 11.4. The molecule has 4 heterocycles. The van der Waals surface area contributed by atoms with Crippen molar-refractivity contribution in [1.82, 2.24) is 45.6 Å². The monoisotopic (exact) mass is 757 g/mol. The molecule has 286 valence electrons. The minimum Gasteiger partial charge on any atom is -0.361 e. The molecule has 1 aliphatic rings. The molecule has 0 radical (unpaired) electrons. The zero-order valence-electron chi connectivity index (χ0n) is 31.3. The number of nitrogens with zero attached hydrogens (tertiary/aromatic N) is 5. The Bertz CT molecular complexity index is 2030. The molecule has 1 aliphatic heterocycles. The van der Waals surface area contributed by atoms with Crippen LogP contribution in [0.2, 0.25) is 0 Å². The number of hydrogen-bond acceptors (Lipinski definition) is 9. The van der Waals surface area contributed by atoms with Gasteiger partial charge >= 0.3 is 0 Å². The number of fused-ring (bicyclic) bond motifs is 3. The Morgan fingerprint density at radius 3 is 2.39 bits per heavy atom. The van der Waals surface area contributed by atoms with Crippen LogP contribution in [0, 0.1) is 12.8 Å². The van der Waals surface area contributed by atoms with Crippen LogP contribution in [0.25, 0.3) is 10.9 Å². The minimum atomic E-state index is -1.07. The van der Waals surface area contributed by atoms with Crippen molar-refractivity contribution < 1.29 is 28.8 Å². The first-order chi connectivity index (χ1) is 25.7. The number of amides is 6. The zero-order chi connectivity index (χ0) is 39.1. The van der Waals surface area contributed by atoms with Crippen molar-refractivity contribution in [3.05, 3.63) is 81.7 Å². The van der Waals surface area contributed by atoms with Gasteiger partial charge in [0.15, 0.2) is 0 Å². The first kappa shape index (κ1) is 39.6. The molecular weight excluding hydrogens is 711 g/mol. The molecule has 6 amide bonds. The topological polar surface area (TPSA) is 190 Å². The molecule has 54 heavy (non-hydrogen) atoms. The molecule has 1 aromatic carbocycles. The number of para-hydroxylation sites is 1. The Morgan fingerprint density at radius 1 is 0.907 bits per heavy atom. The maximum Gasteiger partial charge on any atom is 0.273 e. The van der Waals surface area contributed by atoms with E-state index in [1.165, 1.54) is 46.2 Å². The second-order valence-corrected chi connectivity index (χ2v) is 14.9. The number of carbonyl (C=O) groups is 6. The summed E-state index contributed by atoms with van der Waals surface area (Å²) in [6, 6.07) is 8.43. The first-order valence-electron chi connectivity index (χ1n) is 17.8. The molecule has 4 aromatic rings. The molecule has 15 nitrogen and oxygen atoms in total. The second kappa shape index (κ2) is 17.5. The summed E-state index contributed by atoms with van der Waals surface area (Å²) in [5.74, 6) is -2.94. The smallest absolute Gasteiger partial charge is 0.273 e. The Labute approximate surface area is 317 Å². The SMILES string of the molecule is Cc1cccnc1C(=O)N1CCN(C)C(=O)[C@H](C)NC(=O)CN(C)C(=O)[C@@H](Cc2c[nH]c3ccccc23)NC(=O)c2csc(n2)[C@H](CC(C)C)NC(=O)C1. The number of likely N-dealkylation sites (N-methyl/N-ethyl adjacent to an activating group) is 2. The molecule has 3 aromatic heterocycles. The highest BCUT2D eigenvalue weighted by atomic mass is 32.1. The van der Waals surface area contributed by atoms with Crippen molar-refractivity contribution in [3.63, 3.8) is 0 Å².